The Morgan fingerprint density at radius 3 is 2.86 bits per heavy atom. The number of ether oxygens (including phenoxy) is 2. The van der Waals surface area contributed by atoms with Crippen LogP contribution in [0.2, 0.25) is 0 Å². The fourth-order valence-corrected chi connectivity index (χ4v) is 2.11. The van der Waals surface area contributed by atoms with E-state index >= 15 is 0 Å². The van der Waals surface area contributed by atoms with Crippen LogP contribution < -0.4 is 10.1 Å². The molecule has 1 atom stereocenters. The molecular formula is C16H22FNO3. The van der Waals surface area contributed by atoms with Crippen molar-refractivity contribution >= 4 is 5.97 Å². The Kier molecular flexibility index (Phi) is 5.56. The molecule has 0 saturated heterocycles. The molecule has 4 nitrogen and oxygen atoms in total. The third kappa shape index (κ3) is 5.01. The predicted molar refractivity (Wildman–Crippen MR) is 77.8 cm³/mol. The van der Waals surface area contributed by atoms with Crippen LogP contribution in [0.5, 0.6) is 5.75 Å². The summed E-state index contributed by atoms with van der Waals surface area (Å²) in [7, 11) is 0. The van der Waals surface area contributed by atoms with Crippen molar-refractivity contribution < 1.29 is 18.7 Å². The third-order valence-electron chi connectivity index (χ3n) is 3.39. The van der Waals surface area contributed by atoms with Gasteiger partial charge in [0, 0.05) is 12.5 Å². The molecule has 1 fully saturated rings. The van der Waals surface area contributed by atoms with Gasteiger partial charge >= 0.3 is 5.97 Å². The highest BCUT2D eigenvalue weighted by molar-refractivity contribution is 5.75. The van der Waals surface area contributed by atoms with E-state index < -0.39 is 0 Å². The summed E-state index contributed by atoms with van der Waals surface area (Å²) >= 11 is 0. The molecule has 0 aromatic heterocycles. The van der Waals surface area contributed by atoms with Crippen LogP contribution in [0.1, 0.15) is 31.7 Å². The molecule has 0 spiro atoms. The zero-order valence-electron chi connectivity index (χ0n) is 12.5. The van der Waals surface area contributed by atoms with E-state index in [1.54, 1.807) is 19.9 Å². The van der Waals surface area contributed by atoms with Gasteiger partial charge < -0.3 is 14.8 Å². The number of hydrogen-bond donors (Lipinski definition) is 1. The van der Waals surface area contributed by atoms with Gasteiger partial charge in [0.05, 0.1) is 13.2 Å². The van der Waals surface area contributed by atoms with E-state index in [0.29, 0.717) is 31.4 Å². The van der Waals surface area contributed by atoms with Crippen LogP contribution in [0.3, 0.4) is 0 Å². The number of hydrogen-bond acceptors (Lipinski definition) is 4. The predicted octanol–water partition coefficient (Wildman–Crippen LogP) is 2.59. The van der Waals surface area contributed by atoms with Crippen LogP contribution in [0.15, 0.2) is 18.2 Å². The second-order valence-electron chi connectivity index (χ2n) is 5.29. The molecule has 1 aliphatic carbocycles. The number of nitrogens with one attached hydrogen (secondary N) is 1. The van der Waals surface area contributed by atoms with Crippen LogP contribution in [0.25, 0.3) is 0 Å². The van der Waals surface area contributed by atoms with Crippen molar-refractivity contribution in [1.82, 2.24) is 5.32 Å². The smallest absolute Gasteiger partial charge is 0.323 e. The molecule has 1 N–H and O–H groups in total. The second kappa shape index (κ2) is 7.41. The van der Waals surface area contributed by atoms with Crippen molar-refractivity contribution in [2.75, 3.05) is 13.2 Å². The summed E-state index contributed by atoms with van der Waals surface area (Å²) in [5, 5.41) is 3.27. The topological polar surface area (TPSA) is 47.6 Å². The third-order valence-corrected chi connectivity index (χ3v) is 3.39. The van der Waals surface area contributed by atoms with Crippen LogP contribution in [-0.4, -0.2) is 31.3 Å². The highest BCUT2D eigenvalue weighted by Crippen LogP contribution is 2.21. The van der Waals surface area contributed by atoms with Crippen LogP contribution >= 0.6 is 0 Å². The Morgan fingerprint density at radius 1 is 1.48 bits per heavy atom. The summed E-state index contributed by atoms with van der Waals surface area (Å²) in [5.74, 6) is 0.133. The minimum absolute atomic E-state index is 0.233. The Hall–Kier alpha value is -1.62. The first-order valence-corrected chi connectivity index (χ1v) is 7.41. The van der Waals surface area contributed by atoms with Gasteiger partial charge in [-0.1, -0.05) is 0 Å². The number of halogens is 1. The van der Waals surface area contributed by atoms with Crippen molar-refractivity contribution in [2.24, 2.45) is 0 Å². The molecule has 0 bridgehead atoms. The van der Waals surface area contributed by atoms with Gasteiger partial charge in [0.2, 0.25) is 0 Å². The summed E-state index contributed by atoms with van der Waals surface area (Å²) in [5.41, 5.74) is 0.748. The highest BCUT2D eigenvalue weighted by atomic mass is 19.1. The van der Waals surface area contributed by atoms with Crippen molar-refractivity contribution in [3.8, 4) is 5.75 Å². The molecule has 1 aromatic rings. The second-order valence-corrected chi connectivity index (χ2v) is 5.29. The Morgan fingerprint density at radius 2 is 2.24 bits per heavy atom. The van der Waals surface area contributed by atoms with E-state index in [1.807, 2.05) is 0 Å². The van der Waals surface area contributed by atoms with Gasteiger partial charge in [0.25, 0.3) is 0 Å². The lowest BCUT2D eigenvalue weighted by atomic mass is 10.2. The summed E-state index contributed by atoms with van der Waals surface area (Å²) in [6.45, 7) is 4.35. The minimum Gasteiger partial charge on any atom is -0.493 e. The number of carbonyl (C=O) groups is 1. The summed E-state index contributed by atoms with van der Waals surface area (Å²) < 4.78 is 23.7. The van der Waals surface area contributed by atoms with Gasteiger partial charge in [-0.15, -0.1) is 0 Å². The van der Waals surface area contributed by atoms with E-state index in [2.05, 4.69) is 5.32 Å². The summed E-state index contributed by atoms with van der Waals surface area (Å²) in [4.78, 5) is 11.9. The van der Waals surface area contributed by atoms with E-state index in [0.717, 1.165) is 18.4 Å². The average molecular weight is 295 g/mol. The van der Waals surface area contributed by atoms with E-state index in [9.17, 15) is 9.18 Å². The number of carbonyl (C=O) groups excluding carboxylic acids is 1. The molecule has 2 rings (SSSR count). The Bertz CT molecular complexity index is 488. The molecule has 5 heteroatoms. The SMILES string of the molecule is CCOC(=O)C(CCOc1ccc(F)cc1C)NC1CC1. The van der Waals surface area contributed by atoms with Crippen molar-refractivity contribution in [3.05, 3.63) is 29.6 Å². The molecule has 0 radical (unpaired) electrons. The maximum atomic E-state index is 13.0. The molecule has 0 amide bonds. The summed E-state index contributed by atoms with van der Waals surface area (Å²) in [6.07, 6.45) is 2.74. The zero-order chi connectivity index (χ0) is 15.2. The molecule has 1 aliphatic rings. The zero-order valence-corrected chi connectivity index (χ0v) is 12.5. The number of benzene rings is 1. The normalized spacial score (nSPS) is 15.6. The van der Waals surface area contributed by atoms with Crippen molar-refractivity contribution in [2.45, 2.75) is 45.2 Å². The largest absolute Gasteiger partial charge is 0.493 e. The van der Waals surface area contributed by atoms with Gasteiger partial charge in [0.1, 0.15) is 17.6 Å². The molecule has 1 saturated carbocycles. The van der Waals surface area contributed by atoms with Crippen molar-refractivity contribution in [3.63, 3.8) is 0 Å². The number of rotatable bonds is 8. The Labute approximate surface area is 124 Å². The standard InChI is InChI=1S/C16H22FNO3/c1-3-20-16(19)14(18-13-5-6-13)8-9-21-15-7-4-12(17)10-11(15)2/h4,7,10,13-14,18H,3,5-6,8-9H2,1-2H3. The van der Waals surface area contributed by atoms with Crippen molar-refractivity contribution in [1.29, 1.82) is 0 Å². The monoisotopic (exact) mass is 295 g/mol. The maximum Gasteiger partial charge on any atom is 0.323 e. The first kappa shape index (κ1) is 15.8. The molecule has 1 unspecified atom stereocenters. The lowest BCUT2D eigenvalue weighted by Crippen LogP contribution is -2.40. The highest BCUT2D eigenvalue weighted by Gasteiger charge is 2.29. The average Bonchev–Trinajstić information content (AvgIpc) is 3.24. The molecule has 116 valence electrons. The maximum absolute atomic E-state index is 13.0. The fraction of sp³-hybridized carbons (Fsp3) is 0.562. The van der Waals surface area contributed by atoms with E-state index in [-0.39, 0.29) is 17.8 Å². The first-order chi connectivity index (χ1) is 10.1. The van der Waals surface area contributed by atoms with Gasteiger partial charge in [-0.2, -0.15) is 0 Å². The molecular weight excluding hydrogens is 273 g/mol. The molecule has 1 aromatic carbocycles. The van der Waals surface area contributed by atoms with Crippen LogP contribution in [0, 0.1) is 12.7 Å². The van der Waals surface area contributed by atoms with Gasteiger partial charge in [-0.3, -0.25) is 4.79 Å². The summed E-state index contributed by atoms with van der Waals surface area (Å²) in [6, 6.07) is 4.50. The lowest BCUT2D eigenvalue weighted by Gasteiger charge is -2.17. The van der Waals surface area contributed by atoms with Gasteiger partial charge in [-0.25, -0.2) is 4.39 Å². The fourth-order valence-electron chi connectivity index (χ4n) is 2.11. The van der Waals surface area contributed by atoms with Gasteiger partial charge in [-0.05, 0) is 50.5 Å². The Balaban J connectivity index is 1.84. The number of esters is 1. The molecule has 0 heterocycles. The van der Waals surface area contributed by atoms with Crippen LogP contribution in [0.4, 0.5) is 4.39 Å². The van der Waals surface area contributed by atoms with E-state index in [1.165, 1.54) is 12.1 Å². The lowest BCUT2D eigenvalue weighted by molar-refractivity contribution is -0.146. The van der Waals surface area contributed by atoms with E-state index in [4.69, 9.17) is 9.47 Å². The van der Waals surface area contributed by atoms with Crippen LogP contribution in [-0.2, 0) is 9.53 Å². The quantitative estimate of drug-likeness (QED) is 0.749. The molecule has 0 aliphatic heterocycles. The molecule has 21 heavy (non-hydrogen) atoms. The van der Waals surface area contributed by atoms with Gasteiger partial charge in [0.15, 0.2) is 0 Å². The number of aryl methyl sites for hydroxylation is 1. The first-order valence-electron chi connectivity index (χ1n) is 7.41. The minimum atomic E-state index is -0.335.